The predicted octanol–water partition coefficient (Wildman–Crippen LogP) is 3.14. The van der Waals surface area contributed by atoms with Crippen LogP contribution < -0.4 is 10.5 Å². The number of nitrogens with two attached hydrogens (primary N) is 1. The largest absolute Gasteiger partial charge is 0.434 e. The predicted molar refractivity (Wildman–Crippen MR) is 77.0 cm³/mol. The zero-order valence-corrected chi connectivity index (χ0v) is 11.8. The summed E-state index contributed by atoms with van der Waals surface area (Å²) in [6, 6.07) is 5.06. The average Bonchev–Trinajstić information content (AvgIpc) is 2.99. The number of ether oxygens (including phenoxy) is 1. The van der Waals surface area contributed by atoms with Crippen LogP contribution in [0.15, 0.2) is 29.8 Å². The van der Waals surface area contributed by atoms with E-state index in [2.05, 4.69) is 4.98 Å². The SMILES string of the molecule is Cc1cccc(Oc2nc3sccn3c2CCN)c1F. The second-order valence-corrected chi connectivity index (χ2v) is 5.32. The molecule has 6 heteroatoms. The second kappa shape index (κ2) is 5.22. The van der Waals surface area contributed by atoms with Crippen LogP contribution >= 0.6 is 11.3 Å². The van der Waals surface area contributed by atoms with Crippen molar-refractivity contribution in [3.8, 4) is 11.6 Å². The van der Waals surface area contributed by atoms with Crippen LogP contribution in [0.3, 0.4) is 0 Å². The van der Waals surface area contributed by atoms with E-state index >= 15 is 0 Å². The van der Waals surface area contributed by atoms with Gasteiger partial charge < -0.3 is 10.5 Å². The molecule has 0 aliphatic heterocycles. The van der Waals surface area contributed by atoms with E-state index < -0.39 is 0 Å². The summed E-state index contributed by atoms with van der Waals surface area (Å²) in [4.78, 5) is 5.21. The molecule has 0 aliphatic carbocycles. The van der Waals surface area contributed by atoms with Crippen LogP contribution in [0, 0.1) is 12.7 Å². The summed E-state index contributed by atoms with van der Waals surface area (Å²) >= 11 is 1.50. The first-order valence-electron chi connectivity index (χ1n) is 6.28. The molecule has 2 N–H and O–H groups in total. The Morgan fingerprint density at radius 3 is 3.10 bits per heavy atom. The number of hydrogen-bond acceptors (Lipinski definition) is 4. The van der Waals surface area contributed by atoms with Gasteiger partial charge in [-0.3, -0.25) is 4.40 Å². The summed E-state index contributed by atoms with van der Waals surface area (Å²) in [6.45, 7) is 2.19. The molecule has 4 nitrogen and oxygen atoms in total. The van der Waals surface area contributed by atoms with Crippen molar-refractivity contribution >= 4 is 16.3 Å². The summed E-state index contributed by atoms with van der Waals surface area (Å²) in [5.74, 6) is 0.253. The smallest absolute Gasteiger partial charge is 0.242 e. The Morgan fingerprint density at radius 1 is 1.45 bits per heavy atom. The monoisotopic (exact) mass is 291 g/mol. The molecule has 0 aliphatic rings. The van der Waals surface area contributed by atoms with E-state index in [-0.39, 0.29) is 11.6 Å². The van der Waals surface area contributed by atoms with Crippen LogP contribution in [0.4, 0.5) is 4.39 Å². The maximum atomic E-state index is 14.0. The molecular formula is C14H14FN3OS. The van der Waals surface area contributed by atoms with Crippen molar-refractivity contribution in [1.29, 1.82) is 0 Å². The number of fused-ring (bicyclic) bond motifs is 1. The Bertz CT molecular complexity index is 750. The van der Waals surface area contributed by atoms with Crippen molar-refractivity contribution in [1.82, 2.24) is 9.38 Å². The van der Waals surface area contributed by atoms with E-state index in [9.17, 15) is 4.39 Å². The highest BCUT2D eigenvalue weighted by atomic mass is 32.1. The summed E-state index contributed by atoms with van der Waals surface area (Å²) in [6.07, 6.45) is 2.54. The van der Waals surface area contributed by atoms with E-state index in [1.165, 1.54) is 11.3 Å². The summed E-state index contributed by atoms with van der Waals surface area (Å²) in [5.41, 5.74) is 7.04. The van der Waals surface area contributed by atoms with Gasteiger partial charge in [0, 0.05) is 18.0 Å². The van der Waals surface area contributed by atoms with E-state index in [4.69, 9.17) is 10.5 Å². The van der Waals surface area contributed by atoms with Gasteiger partial charge in [-0.15, -0.1) is 11.3 Å². The van der Waals surface area contributed by atoms with Gasteiger partial charge in [0.05, 0.1) is 5.69 Å². The topological polar surface area (TPSA) is 52.5 Å². The van der Waals surface area contributed by atoms with Crippen molar-refractivity contribution in [3.63, 3.8) is 0 Å². The number of halogens is 1. The molecular weight excluding hydrogens is 277 g/mol. The van der Waals surface area contributed by atoms with Gasteiger partial charge in [-0.25, -0.2) is 4.39 Å². The maximum Gasteiger partial charge on any atom is 0.242 e. The number of aromatic nitrogens is 2. The standard InChI is InChI=1S/C14H14FN3OS/c1-9-3-2-4-11(12(9)15)19-13-10(5-6-16)18-7-8-20-14(18)17-13/h2-4,7-8H,5-6,16H2,1H3. The van der Waals surface area contributed by atoms with Crippen LogP contribution in [0.25, 0.3) is 4.96 Å². The van der Waals surface area contributed by atoms with Crippen LogP contribution in [-0.2, 0) is 6.42 Å². The molecule has 0 saturated carbocycles. The molecule has 0 unspecified atom stereocenters. The summed E-state index contributed by atoms with van der Waals surface area (Å²) in [5, 5.41) is 1.94. The molecule has 0 bridgehead atoms. The number of rotatable bonds is 4. The number of hydrogen-bond donors (Lipinski definition) is 1. The van der Waals surface area contributed by atoms with Gasteiger partial charge in [0.2, 0.25) is 5.88 Å². The van der Waals surface area contributed by atoms with Crippen molar-refractivity contribution in [2.24, 2.45) is 5.73 Å². The molecule has 104 valence electrons. The fourth-order valence-electron chi connectivity index (χ4n) is 2.06. The molecule has 2 aromatic heterocycles. The highest BCUT2D eigenvalue weighted by Gasteiger charge is 2.16. The van der Waals surface area contributed by atoms with Gasteiger partial charge in [0.1, 0.15) is 0 Å². The third-order valence-corrected chi connectivity index (χ3v) is 3.83. The van der Waals surface area contributed by atoms with Gasteiger partial charge >= 0.3 is 0 Å². The minimum Gasteiger partial charge on any atom is -0.434 e. The van der Waals surface area contributed by atoms with Crippen LogP contribution in [0.2, 0.25) is 0 Å². The normalized spacial score (nSPS) is 11.2. The third-order valence-electron chi connectivity index (χ3n) is 3.07. The zero-order valence-electron chi connectivity index (χ0n) is 11.0. The van der Waals surface area contributed by atoms with E-state index in [1.807, 2.05) is 16.0 Å². The number of thiazole rings is 1. The molecule has 0 radical (unpaired) electrons. The van der Waals surface area contributed by atoms with Crippen molar-refractivity contribution in [2.45, 2.75) is 13.3 Å². The first kappa shape index (κ1) is 13.1. The van der Waals surface area contributed by atoms with E-state index in [1.54, 1.807) is 25.1 Å². The van der Waals surface area contributed by atoms with E-state index in [0.29, 0.717) is 24.4 Å². The minimum atomic E-state index is -0.359. The molecule has 0 fully saturated rings. The first-order valence-corrected chi connectivity index (χ1v) is 7.16. The van der Waals surface area contributed by atoms with Crippen LogP contribution in [-0.4, -0.2) is 15.9 Å². The Balaban J connectivity index is 2.03. The van der Waals surface area contributed by atoms with Gasteiger partial charge in [0.15, 0.2) is 16.5 Å². The highest BCUT2D eigenvalue weighted by molar-refractivity contribution is 7.15. The Labute approximate surface area is 119 Å². The lowest BCUT2D eigenvalue weighted by Crippen LogP contribution is -2.06. The molecule has 0 atom stereocenters. The molecule has 2 heterocycles. The van der Waals surface area contributed by atoms with Crippen LogP contribution in [0.1, 0.15) is 11.3 Å². The lowest BCUT2D eigenvalue weighted by atomic mass is 10.2. The lowest BCUT2D eigenvalue weighted by molar-refractivity contribution is 0.423. The van der Waals surface area contributed by atoms with Gasteiger partial charge in [-0.1, -0.05) is 12.1 Å². The zero-order chi connectivity index (χ0) is 14.1. The number of aryl methyl sites for hydroxylation is 1. The van der Waals surface area contributed by atoms with Crippen molar-refractivity contribution < 1.29 is 9.13 Å². The van der Waals surface area contributed by atoms with Gasteiger partial charge in [-0.05, 0) is 25.1 Å². The maximum absolute atomic E-state index is 14.0. The molecule has 0 spiro atoms. The first-order chi connectivity index (χ1) is 9.70. The summed E-state index contributed by atoms with van der Waals surface area (Å²) < 4.78 is 21.6. The summed E-state index contributed by atoms with van der Waals surface area (Å²) in [7, 11) is 0. The lowest BCUT2D eigenvalue weighted by Gasteiger charge is -2.07. The number of benzene rings is 1. The highest BCUT2D eigenvalue weighted by Crippen LogP contribution is 2.30. The van der Waals surface area contributed by atoms with Gasteiger partial charge in [0.25, 0.3) is 0 Å². The number of imidazole rings is 1. The molecule has 0 amide bonds. The second-order valence-electron chi connectivity index (χ2n) is 4.45. The fourth-order valence-corrected chi connectivity index (χ4v) is 2.79. The minimum absolute atomic E-state index is 0.189. The fraction of sp³-hybridized carbons (Fsp3) is 0.214. The van der Waals surface area contributed by atoms with Gasteiger partial charge in [-0.2, -0.15) is 4.98 Å². The average molecular weight is 291 g/mol. The third kappa shape index (κ3) is 2.17. The Morgan fingerprint density at radius 2 is 2.30 bits per heavy atom. The molecule has 3 rings (SSSR count). The Kier molecular flexibility index (Phi) is 3.42. The van der Waals surface area contributed by atoms with Crippen molar-refractivity contribution in [2.75, 3.05) is 6.54 Å². The quantitative estimate of drug-likeness (QED) is 0.803. The molecule has 1 aromatic carbocycles. The molecule has 20 heavy (non-hydrogen) atoms. The molecule has 3 aromatic rings. The van der Waals surface area contributed by atoms with Crippen LogP contribution in [0.5, 0.6) is 11.6 Å². The number of nitrogens with zero attached hydrogens (tertiary/aromatic N) is 2. The van der Waals surface area contributed by atoms with E-state index in [0.717, 1.165) is 10.7 Å². The Hall–Kier alpha value is -1.92. The van der Waals surface area contributed by atoms with Crippen molar-refractivity contribution in [3.05, 3.63) is 46.9 Å². The molecule has 0 saturated heterocycles.